The van der Waals surface area contributed by atoms with Gasteiger partial charge in [-0.05, 0) is 111 Å². The lowest BCUT2D eigenvalue weighted by Crippen LogP contribution is -2.39. The zero-order valence-electron chi connectivity index (χ0n) is 28.6. The maximum atomic E-state index is 14.2. The van der Waals surface area contributed by atoms with Crippen LogP contribution < -0.4 is 10.1 Å². The Labute approximate surface area is 283 Å². The molecular formula is C37H45F3N3O4P. The molecule has 0 saturated heterocycles. The summed E-state index contributed by atoms with van der Waals surface area (Å²) in [5, 5.41) is 12.8. The van der Waals surface area contributed by atoms with Crippen LogP contribution in [-0.2, 0) is 15.3 Å². The van der Waals surface area contributed by atoms with Gasteiger partial charge in [0, 0.05) is 11.5 Å². The molecular weight excluding hydrogens is 638 g/mol. The second kappa shape index (κ2) is 14.9. The number of aliphatic imine (C=N–C) groups is 1. The smallest absolute Gasteiger partial charge is 0.300 e. The van der Waals surface area contributed by atoms with E-state index in [-0.39, 0.29) is 29.1 Å². The van der Waals surface area contributed by atoms with Crippen molar-refractivity contribution in [1.29, 1.82) is 0 Å². The lowest BCUT2D eigenvalue weighted by Gasteiger charge is -2.21. The van der Waals surface area contributed by atoms with Crippen molar-refractivity contribution in [1.82, 2.24) is 10.3 Å². The van der Waals surface area contributed by atoms with Gasteiger partial charge in [0.15, 0.2) is 17.3 Å². The van der Waals surface area contributed by atoms with E-state index in [0.717, 1.165) is 47.9 Å². The van der Waals surface area contributed by atoms with Crippen LogP contribution in [0.15, 0.2) is 41.4 Å². The number of pyridine rings is 1. The maximum absolute atomic E-state index is 14.2. The van der Waals surface area contributed by atoms with Gasteiger partial charge in [0.25, 0.3) is 11.6 Å². The highest BCUT2D eigenvalue weighted by atomic mass is 31.0. The normalized spacial score (nSPS) is 16.1. The zero-order valence-corrected chi connectivity index (χ0v) is 29.8. The number of carbonyl (C=O) groups is 2. The first-order valence-corrected chi connectivity index (χ1v) is 16.9. The number of ketones is 1. The molecule has 0 radical (unpaired) electrons. The van der Waals surface area contributed by atoms with Crippen LogP contribution in [0.5, 0.6) is 5.75 Å². The molecule has 2 N–H and O–H groups in total. The van der Waals surface area contributed by atoms with E-state index in [1.54, 1.807) is 25.1 Å². The number of aliphatic hydroxyl groups is 1. The highest BCUT2D eigenvalue weighted by molar-refractivity contribution is 7.17. The van der Waals surface area contributed by atoms with Crippen LogP contribution in [0.4, 0.5) is 13.2 Å². The molecule has 48 heavy (non-hydrogen) atoms. The highest BCUT2D eigenvalue weighted by Gasteiger charge is 2.43. The molecule has 2 heterocycles. The molecule has 5 rings (SSSR count). The largest absolute Gasteiger partial charge is 0.493 e. The van der Waals surface area contributed by atoms with E-state index in [1.807, 2.05) is 33.8 Å². The van der Waals surface area contributed by atoms with Crippen molar-refractivity contribution in [3.63, 3.8) is 0 Å². The summed E-state index contributed by atoms with van der Waals surface area (Å²) < 4.78 is 46.4. The fourth-order valence-electron chi connectivity index (χ4n) is 6.44. The van der Waals surface area contributed by atoms with Crippen molar-refractivity contribution < 1.29 is 32.6 Å². The Morgan fingerprint density at radius 1 is 1.08 bits per heavy atom. The second-order valence-corrected chi connectivity index (χ2v) is 13.5. The monoisotopic (exact) mass is 683 g/mol. The van der Waals surface area contributed by atoms with Gasteiger partial charge in [-0.25, -0.2) is 4.39 Å². The molecule has 2 aromatic carbocycles. The molecule has 1 aromatic heterocycles. The molecule has 2 atom stereocenters. The number of amides is 1. The van der Waals surface area contributed by atoms with E-state index in [2.05, 4.69) is 10.3 Å². The van der Waals surface area contributed by atoms with Gasteiger partial charge in [-0.3, -0.25) is 19.6 Å². The quantitative estimate of drug-likeness (QED) is 0.199. The van der Waals surface area contributed by atoms with Crippen LogP contribution in [0, 0.1) is 26.6 Å². The number of alkyl halides is 2. The number of hydrogen-bond acceptors (Lipinski definition) is 6. The summed E-state index contributed by atoms with van der Waals surface area (Å²) >= 11 is 0. The number of ether oxygens (including phenoxy) is 1. The van der Waals surface area contributed by atoms with Crippen molar-refractivity contribution in [2.24, 2.45) is 4.99 Å². The Bertz CT molecular complexity index is 1680. The summed E-state index contributed by atoms with van der Waals surface area (Å²) in [4.78, 5) is 32.9. The molecule has 1 aliphatic carbocycles. The zero-order chi connectivity index (χ0) is 35.6. The fraction of sp³-hybridized carbons (Fsp3) is 0.459. The summed E-state index contributed by atoms with van der Waals surface area (Å²) in [6.45, 7) is 11.0. The number of halogens is 3. The third-order valence-electron chi connectivity index (χ3n) is 8.77. The third-order valence-corrected chi connectivity index (χ3v) is 9.07. The fourth-order valence-corrected chi connectivity index (χ4v) is 6.60. The lowest BCUT2D eigenvalue weighted by atomic mass is 9.89. The number of methoxy groups -OCH3 is 1. The van der Waals surface area contributed by atoms with E-state index in [9.17, 15) is 27.9 Å². The number of Topliss-reactive ketones (excluding diaryl/α,β-unsaturated/α-hetero) is 1. The van der Waals surface area contributed by atoms with E-state index in [4.69, 9.17) is 9.73 Å². The number of aliphatic hydroxyl groups excluding tert-OH is 1. The number of nitrogens with zero attached hydrogens (tertiary/aromatic N) is 2. The average Bonchev–Trinajstić information content (AvgIpc) is 3.80. The predicted molar refractivity (Wildman–Crippen MR) is 185 cm³/mol. The average molecular weight is 684 g/mol. The Morgan fingerprint density at radius 2 is 1.69 bits per heavy atom. The van der Waals surface area contributed by atoms with Gasteiger partial charge < -0.3 is 15.2 Å². The van der Waals surface area contributed by atoms with E-state index in [0.29, 0.717) is 41.1 Å². The summed E-state index contributed by atoms with van der Waals surface area (Å²) in [6, 6.07) is 9.81. The summed E-state index contributed by atoms with van der Waals surface area (Å²) in [7, 11) is 2.97. The maximum Gasteiger partial charge on any atom is 0.300 e. The van der Waals surface area contributed by atoms with Crippen LogP contribution in [0.2, 0.25) is 0 Å². The van der Waals surface area contributed by atoms with Crippen molar-refractivity contribution in [2.45, 2.75) is 103 Å². The molecule has 1 aliphatic heterocycles. The van der Waals surface area contributed by atoms with Gasteiger partial charge in [-0.1, -0.05) is 48.1 Å². The summed E-state index contributed by atoms with van der Waals surface area (Å²) in [5.74, 6) is 0.104. The van der Waals surface area contributed by atoms with Gasteiger partial charge in [0.2, 0.25) is 0 Å². The van der Waals surface area contributed by atoms with E-state index >= 15 is 0 Å². The first-order chi connectivity index (χ1) is 22.6. The molecule has 1 saturated carbocycles. The Morgan fingerprint density at radius 3 is 2.17 bits per heavy atom. The summed E-state index contributed by atoms with van der Waals surface area (Å²) in [5.41, 5.74) is 1.94. The van der Waals surface area contributed by atoms with Crippen LogP contribution >= 0.6 is 9.24 Å². The molecule has 1 unspecified atom stereocenters. The topological polar surface area (TPSA) is 101 Å². The minimum absolute atomic E-state index is 0.0894. The summed E-state index contributed by atoms with van der Waals surface area (Å²) in [6.07, 6.45) is 3.82. The van der Waals surface area contributed by atoms with Gasteiger partial charge in [0.1, 0.15) is 23.2 Å². The second-order valence-electron chi connectivity index (χ2n) is 12.8. The number of hydrogen-bond donors (Lipinski definition) is 2. The van der Waals surface area contributed by atoms with Gasteiger partial charge in [-0.15, -0.1) is 0 Å². The molecule has 2 aliphatic rings. The van der Waals surface area contributed by atoms with Crippen molar-refractivity contribution in [3.8, 4) is 16.9 Å². The third kappa shape index (κ3) is 7.98. The molecule has 0 bridgehead atoms. The van der Waals surface area contributed by atoms with Crippen molar-refractivity contribution >= 4 is 26.8 Å². The van der Waals surface area contributed by atoms with Crippen molar-refractivity contribution in [3.05, 3.63) is 81.4 Å². The SMILES string of the molecule is CCCC1(CCC)N=C(c2ccc(C(F)(F)P)nc2C2CC2)NC1=O.COc1c(C)cc(-c2c(C)cc([C@H](O)C(C)=O)cc2C)cc1F. The Kier molecular flexibility index (Phi) is 11.5. The number of amidine groups is 1. The number of rotatable bonds is 11. The van der Waals surface area contributed by atoms with Gasteiger partial charge >= 0.3 is 0 Å². The molecule has 258 valence electrons. The van der Waals surface area contributed by atoms with Crippen molar-refractivity contribution in [2.75, 3.05) is 7.11 Å². The molecule has 7 nitrogen and oxygen atoms in total. The van der Waals surface area contributed by atoms with Crippen LogP contribution in [0.1, 0.15) is 111 Å². The van der Waals surface area contributed by atoms with Gasteiger partial charge in [-0.2, -0.15) is 8.78 Å². The van der Waals surface area contributed by atoms with Crippen LogP contribution in [-0.4, -0.2) is 40.3 Å². The standard InChI is InChI=1S/C19H21FO3.C18H24F2N3OP/c1-10-6-15(18(22)13(4)21)7-11(2)17(10)14-8-12(3)19(23-5)16(20)9-14;1-3-9-17(10-4-2)16(24)22-15(23-17)12-7-8-13(18(19,20)25)21-14(12)11-5-6-11/h6-9,18,22H,1-5H3;7-8,11H,3-6,9-10,25H2,1-2H3,(H,22,23,24)/t18-;/m1./s1. The number of aryl methyl sites for hydroxylation is 3. The predicted octanol–water partition coefficient (Wildman–Crippen LogP) is 8.15. The number of nitrogens with one attached hydrogen (secondary N) is 1. The first kappa shape index (κ1) is 37.2. The molecule has 3 aromatic rings. The molecule has 0 spiro atoms. The van der Waals surface area contributed by atoms with E-state index in [1.165, 1.54) is 35.4 Å². The first-order valence-electron chi connectivity index (χ1n) is 16.3. The van der Waals surface area contributed by atoms with Gasteiger partial charge in [0.05, 0.1) is 12.8 Å². The minimum Gasteiger partial charge on any atom is -0.493 e. The highest BCUT2D eigenvalue weighted by Crippen LogP contribution is 2.43. The van der Waals surface area contributed by atoms with E-state index < -0.39 is 23.1 Å². The molecule has 11 heteroatoms. The molecule has 1 fully saturated rings. The Balaban J connectivity index is 0.000000218. The number of benzene rings is 2. The number of carbonyl (C=O) groups excluding carboxylic acids is 2. The van der Waals surface area contributed by atoms with Crippen LogP contribution in [0.3, 0.4) is 0 Å². The lowest BCUT2D eigenvalue weighted by molar-refractivity contribution is -0.125. The minimum atomic E-state index is -3.06. The molecule has 1 amide bonds. The number of aromatic nitrogens is 1. The Hall–Kier alpha value is -3.62. The van der Waals surface area contributed by atoms with Crippen LogP contribution in [0.25, 0.3) is 11.1 Å².